The van der Waals surface area contributed by atoms with Crippen LogP contribution in [-0.2, 0) is 9.53 Å². The first-order valence-corrected chi connectivity index (χ1v) is 5.89. The maximum Gasteiger partial charge on any atom is 0.407 e. The number of alkyl carbamates (subject to hydrolysis) is 1. The molecule has 1 amide bonds. The van der Waals surface area contributed by atoms with Gasteiger partial charge in [0.1, 0.15) is 11.4 Å². The summed E-state index contributed by atoms with van der Waals surface area (Å²) in [6, 6.07) is 0.0161. The Bertz CT molecular complexity index is 319. The maximum atomic E-state index is 11.6. The fourth-order valence-corrected chi connectivity index (χ4v) is 2.74. The molecule has 0 heterocycles. The molecule has 2 saturated carbocycles. The summed E-state index contributed by atoms with van der Waals surface area (Å²) in [6.07, 6.45) is 2.20. The second-order valence-corrected chi connectivity index (χ2v) is 5.79. The predicted molar refractivity (Wildman–Crippen MR) is 59.0 cm³/mol. The van der Waals surface area contributed by atoms with Crippen molar-refractivity contribution in [2.45, 2.75) is 51.7 Å². The van der Waals surface area contributed by atoms with Crippen LogP contribution >= 0.6 is 0 Å². The quantitative estimate of drug-likeness (QED) is 0.741. The molecule has 2 aliphatic carbocycles. The van der Waals surface area contributed by atoms with Crippen LogP contribution in [0.1, 0.15) is 40.0 Å². The zero-order valence-corrected chi connectivity index (χ0v) is 10.1. The molecule has 2 bridgehead atoms. The summed E-state index contributed by atoms with van der Waals surface area (Å²) in [7, 11) is 0. The molecular weight excluding hydrogens is 206 g/mol. The molecular formula is C12H19NO3. The Morgan fingerprint density at radius 1 is 1.38 bits per heavy atom. The molecule has 0 aromatic carbocycles. The van der Waals surface area contributed by atoms with Gasteiger partial charge in [-0.05, 0) is 39.5 Å². The number of rotatable bonds is 1. The molecule has 0 aromatic heterocycles. The Morgan fingerprint density at radius 3 is 2.50 bits per heavy atom. The minimum atomic E-state index is -0.480. The zero-order chi connectivity index (χ0) is 11.9. The minimum absolute atomic E-state index is 0.0161. The largest absolute Gasteiger partial charge is 0.444 e. The summed E-state index contributed by atoms with van der Waals surface area (Å²) in [4.78, 5) is 23.1. The van der Waals surface area contributed by atoms with E-state index < -0.39 is 11.7 Å². The zero-order valence-electron chi connectivity index (χ0n) is 10.1. The summed E-state index contributed by atoms with van der Waals surface area (Å²) in [5.41, 5.74) is -0.480. The highest BCUT2D eigenvalue weighted by Crippen LogP contribution is 2.42. The molecule has 16 heavy (non-hydrogen) atoms. The molecule has 4 heteroatoms. The summed E-state index contributed by atoms with van der Waals surface area (Å²) in [6.45, 7) is 5.50. The van der Waals surface area contributed by atoms with Crippen LogP contribution in [0.5, 0.6) is 0 Å². The molecule has 0 aromatic rings. The van der Waals surface area contributed by atoms with Crippen molar-refractivity contribution < 1.29 is 14.3 Å². The van der Waals surface area contributed by atoms with Gasteiger partial charge in [-0.15, -0.1) is 0 Å². The third-order valence-electron chi connectivity index (χ3n) is 3.35. The van der Waals surface area contributed by atoms with Crippen LogP contribution in [0, 0.1) is 11.8 Å². The number of hydrogen-bond donors (Lipinski definition) is 1. The van der Waals surface area contributed by atoms with Crippen molar-refractivity contribution in [1.29, 1.82) is 0 Å². The van der Waals surface area contributed by atoms with E-state index in [1.807, 2.05) is 20.8 Å². The highest BCUT2D eigenvalue weighted by atomic mass is 16.6. The van der Waals surface area contributed by atoms with E-state index in [2.05, 4.69) is 5.32 Å². The van der Waals surface area contributed by atoms with Crippen LogP contribution in [0.25, 0.3) is 0 Å². The Morgan fingerprint density at radius 2 is 2.06 bits per heavy atom. The van der Waals surface area contributed by atoms with Crippen LogP contribution in [0.2, 0.25) is 0 Å². The summed E-state index contributed by atoms with van der Waals surface area (Å²) >= 11 is 0. The van der Waals surface area contributed by atoms with Gasteiger partial charge in [-0.2, -0.15) is 0 Å². The maximum absolute atomic E-state index is 11.6. The second kappa shape index (κ2) is 3.75. The van der Waals surface area contributed by atoms with E-state index in [4.69, 9.17) is 4.74 Å². The first-order chi connectivity index (χ1) is 7.37. The predicted octanol–water partition coefficient (Wildman–Crippen LogP) is 1.88. The van der Waals surface area contributed by atoms with E-state index in [-0.39, 0.29) is 12.0 Å². The summed E-state index contributed by atoms with van der Waals surface area (Å²) < 4.78 is 5.20. The number of Topliss-reactive ketones (excluding diaryl/α,β-unsaturated/α-hetero) is 1. The lowest BCUT2D eigenvalue weighted by molar-refractivity contribution is -0.121. The van der Waals surface area contributed by atoms with E-state index in [1.54, 1.807) is 0 Å². The van der Waals surface area contributed by atoms with Crippen LogP contribution < -0.4 is 5.32 Å². The van der Waals surface area contributed by atoms with Gasteiger partial charge < -0.3 is 10.1 Å². The van der Waals surface area contributed by atoms with E-state index in [0.717, 1.165) is 12.8 Å². The highest BCUT2D eigenvalue weighted by Gasteiger charge is 2.48. The molecule has 3 atom stereocenters. The molecule has 2 aliphatic rings. The van der Waals surface area contributed by atoms with Crippen molar-refractivity contribution in [3.05, 3.63) is 0 Å². The molecule has 3 unspecified atom stereocenters. The van der Waals surface area contributed by atoms with E-state index in [9.17, 15) is 9.59 Å². The number of carbonyl (C=O) groups is 2. The number of hydrogen-bond acceptors (Lipinski definition) is 3. The standard InChI is InChI=1S/C12H19NO3/c1-12(2,3)16-11(15)13-10-7-4-5-8(10)9(14)6-7/h7-8,10H,4-6H2,1-3H3,(H,13,15). The van der Waals surface area contributed by atoms with Crippen molar-refractivity contribution in [2.24, 2.45) is 11.8 Å². The van der Waals surface area contributed by atoms with Crippen molar-refractivity contribution in [3.8, 4) is 0 Å². The Labute approximate surface area is 95.7 Å². The monoisotopic (exact) mass is 225 g/mol. The molecule has 0 aliphatic heterocycles. The number of nitrogens with one attached hydrogen (secondary N) is 1. The minimum Gasteiger partial charge on any atom is -0.444 e. The third kappa shape index (κ3) is 2.20. The number of amides is 1. The Kier molecular flexibility index (Phi) is 2.68. The fraction of sp³-hybridized carbons (Fsp3) is 0.833. The van der Waals surface area contributed by atoms with Crippen LogP contribution in [0.3, 0.4) is 0 Å². The molecule has 4 nitrogen and oxygen atoms in total. The number of ether oxygens (including phenoxy) is 1. The normalized spacial score (nSPS) is 32.9. The second-order valence-electron chi connectivity index (χ2n) is 5.79. The van der Waals surface area contributed by atoms with Crippen molar-refractivity contribution >= 4 is 11.9 Å². The molecule has 0 saturated heterocycles. The van der Waals surface area contributed by atoms with Gasteiger partial charge in [0, 0.05) is 18.4 Å². The number of fused-ring (bicyclic) bond motifs is 2. The third-order valence-corrected chi connectivity index (χ3v) is 3.35. The lowest BCUT2D eigenvalue weighted by atomic mass is 10.00. The molecule has 0 spiro atoms. The van der Waals surface area contributed by atoms with Crippen molar-refractivity contribution in [3.63, 3.8) is 0 Å². The average molecular weight is 225 g/mol. The first-order valence-electron chi connectivity index (χ1n) is 5.89. The van der Waals surface area contributed by atoms with Crippen molar-refractivity contribution in [1.82, 2.24) is 5.32 Å². The van der Waals surface area contributed by atoms with E-state index >= 15 is 0 Å². The van der Waals surface area contributed by atoms with Gasteiger partial charge >= 0.3 is 6.09 Å². The lowest BCUT2D eigenvalue weighted by Crippen LogP contribution is -2.42. The van der Waals surface area contributed by atoms with Gasteiger partial charge in [-0.25, -0.2) is 4.79 Å². The smallest absolute Gasteiger partial charge is 0.407 e. The van der Waals surface area contributed by atoms with Gasteiger partial charge in [0.15, 0.2) is 0 Å². The van der Waals surface area contributed by atoms with Crippen LogP contribution in [0.15, 0.2) is 0 Å². The molecule has 2 fully saturated rings. The molecule has 0 radical (unpaired) electrons. The highest BCUT2D eigenvalue weighted by molar-refractivity contribution is 5.86. The lowest BCUT2D eigenvalue weighted by Gasteiger charge is -2.23. The van der Waals surface area contributed by atoms with E-state index in [1.165, 1.54) is 0 Å². The Hall–Kier alpha value is -1.06. The van der Waals surface area contributed by atoms with Gasteiger partial charge in [0.25, 0.3) is 0 Å². The van der Waals surface area contributed by atoms with Gasteiger partial charge in [0.05, 0.1) is 0 Å². The average Bonchev–Trinajstić information content (AvgIpc) is 2.57. The molecule has 2 rings (SSSR count). The number of ketones is 1. The fourth-order valence-electron chi connectivity index (χ4n) is 2.74. The van der Waals surface area contributed by atoms with Gasteiger partial charge in [0.2, 0.25) is 0 Å². The van der Waals surface area contributed by atoms with Gasteiger partial charge in [-0.3, -0.25) is 4.79 Å². The van der Waals surface area contributed by atoms with Crippen molar-refractivity contribution in [2.75, 3.05) is 0 Å². The molecule has 1 N–H and O–H groups in total. The Balaban J connectivity index is 1.91. The topological polar surface area (TPSA) is 55.4 Å². The summed E-state index contributed by atoms with van der Waals surface area (Å²) in [5, 5.41) is 2.85. The van der Waals surface area contributed by atoms with E-state index in [0.29, 0.717) is 18.1 Å². The molecule has 90 valence electrons. The summed E-state index contributed by atoms with van der Waals surface area (Å²) in [5.74, 6) is 0.680. The van der Waals surface area contributed by atoms with Crippen LogP contribution in [-0.4, -0.2) is 23.5 Å². The SMILES string of the molecule is CC(C)(C)OC(=O)NC1C2CCC1C(=O)C2. The van der Waals surface area contributed by atoms with Crippen LogP contribution in [0.4, 0.5) is 4.79 Å². The number of carbonyl (C=O) groups excluding carboxylic acids is 2. The first kappa shape index (κ1) is 11.4. The van der Waals surface area contributed by atoms with Gasteiger partial charge in [-0.1, -0.05) is 0 Å².